The molecule has 0 spiro atoms. The highest BCUT2D eigenvalue weighted by Gasteiger charge is 2.18. The lowest BCUT2D eigenvalue weighted by Crippen LogP contribution is -2.12. The first kappa shape index (κ1) is 10.3. The van der Waals surface area contributed by atoms with Crippen LogP contribution in [0.25, 0.3) is 0 Å². The third-order valence-corrected chi connectivity index (χ3v) is 2.94. The maximum absolute atomic E-state index is 9.78. The van der Waals surface area contributed by atoms with Gasteiger partial charge in [-0.2, -0.15) is 0 Å². The van der Waals surface area contributed by atoms with Gasteiger partial charge in [0.2, 0.25) is 0 Å². The molecule has 82 valence electrons. The lowest BCUT2D eigenvalue weighted by atomic mass is 10.0. The third-order valence-electron chi connectivity index (χ3n) is 2.94. The summed E-state index contributed by atoms with van der Waals surface area (Å²) in [5.74, 6) is 0.818. The number of hydrogen-bond acceptors (Lipinski definition) is 3. The highest BCUT2D eigenvalue weighted by Crippen LogP contribution is 2.34. The summed E-state index contributed by atoms with van der Waals surface area (Å²) in [6.45, 7) is 3.02. The molecule has 3 heteroatoms. The normalized spacial score (nSPS) is 20.5. The van der Waals surface area contributed by atoms with Crippen LogP contribution in [-0.4, -0.2) is 18.8 Å². The summed E-state index contributed by atoms with van der Waals surface area (Å²) in [6, 6.07) is 4.27. The van der Waals surface area contributed by atoms with Gasteiger partial charge in [0.1, 0.15) is 0 Å². The average Bonchev–Trinajstić information content (AvgIpc) is 2.69. The van der Waals surface area contributed by atoms with Crippen molar-refractivity contribution in [2.75, 3.05) is 13.7 Å². The molecule has 1 aromatic rings. The highest BCUT2D eigenvalue weighted by atomic mass is 16.5. The molecule has 1 heterocycles. The van der Waals surface area contributed by atoms with Crippen molar-refractivity contribution in [3.63, 3.8) is 0 Å². The minimum Gasteiger partial charge on any atom is -0.504 e. The van der Waals surface area contributed by atoms with Gasteiger partial charge >= 0.3 is 0 Å². The topological polar surface area (TPSA) is 41.5 Å². The molecule has 1 aliphatic rings. The zero-order valence-electron chi connectivity index (χ0n) is 9.21. The van der Waals surface area contributed by atoms with E-state index in [0.717, 1.165) is 24.1 Å². The Kier molecular flexibility index (Phi) is 2.82. The Morgan fingerprint density at radius 2 is 2.27 bits per heavy atom. The minimum absolute atomic E-state index is 0.237. The Morgan fingerprint density at radius 3 is 2.80 bits per heavy atom. The summed E-state index contributed by atoms with van der Waals surface area (Å²) in [7, 11) is 1.58. The number of methoxy groups -OCH3 is 1. The van der Waals surface area contributed by atoms with Crippen LogP contribution in [-0.2, 0) is 0 Å². The van der Waals surface area contributed by atoms with E-state index >= 15 is 0 Å². The lowest BCUT2D eigenvalue weighted by molar-refractivity contribution is 0.370. The lowest BCUT2D eigenvalue weighted by Gasteiger charge is -2.14. The van der Waals surface area contributed by atoms with Crippen molar-refractivity contribution < 1.29 is 9.84 Å². The van der Waals surface area contributed by atoms with Crippen LogP contribution < -0.4 is 10.1 Å². The molecule has 0 radical (unpaired) electrons. The number of phenolic OH excluding ortho intramolecular Hbond substituents is 1. The largest absolute Gasteiger partial charge is 0.504 e. The fourth-order valence-electron chi connectivity index (χ4n) is 2.22. The Bertz CT molecular complexity index is 334. The van der Waals surface area contributed by atoms with Crippen LogP contribution >= 0.6 is 0 Å². The number of nitrogens with one attached hydrogen (secondary N) is 1. The molecule has 1 aliphatic heterocycles. The Hall–Kier alpha value is -1.22. The molecule has 0 aromatic heterocycles. The maximum Gasteiger partial charge on any atom is 0.163 e. The van der Waals surface area contributed by atoms with E-state index in [9.17, 15) is 5.11 Å². The molecule has 0 saturated carbocycles. The number of rotatable bonds is 2. The molecule has 1 unspecified atom stereocenters. The highest BCUT2D eigenvalue weighted by molar-refractivity contribution is 5.48. The van der Waals surface area contributed by atoms with Gasteiger partial charge in [-0.15, -0.1) is 0 Å². The maximum atomic E-state index is 9.78. The van der Waals surface area contributed by atoms with Crippen LogP contribution in [0, 0.1) is 6.92 Å². The van der Waals surface area contributed by atoms with Gasteiger partial charge in [0.15, 0.2) is 11.5 Å². The first-order chi connectivity index (χ1) is 7.22. The van der Waals surface area contributed by atoms with Crippen LogP contribution in [0.15, 0.2) is 12.1 Å². The van der Waals surface area contributed by atoms with E-state index in [4.69, 9.17) is 4.74 Å². The van der Waals surface area contributed by atoms with Crippen molar-refractivity contribution in [2.24, 2.45) is 0 Å². The van der Waals surface area contributed by atoms with Crippen LogP contribution in [0.5, 0.6) is 11.5 Å². The van der Waals surface area contributed by atoms with E-state index in [2.05, 4.69) is 11.4 Å². The molecule has 15 heavy (non-hydrogen) atoms. The van der Waals surface area contributed by atoms with E-state index < -0.39 is 0 Å². The summed E-state index contributed by atoms with van der Waals surface area (Å²) >= 11 is 0. The summed E-state index contributed by atoms with van der Waals surface area (Å²) in [6.07, 6.45) is 2.35. The van der Waals surface area contributed by atoms with Crippen molar-refractivity contribution in [1.29, 1.82) is 0 Å². The second-order valence-electron chi connectivity index (χ2n) is 4.04. The number of aromatic hydroxyl groups is 1. The predicted octanol–water partition coefficient (Wildman–Crippen LogP) is 2.13. The van der Waals surface area contributed by atoms with Crippen molar-refractivity contribution in [1.82, 2.24) is 5.32 Å². The summed E-state index contributed by atoms with van der Waals surface area (Å²) in [5, 5.41) is 13.2. The van der Waals surface area contributed by atoms with Gasteiger partial charge in [-0.3, -0.25) is 0 Å². The summed E-state index contributed by atoms with van der Waals surface area (Å²) in [4.78, 5) is 0. The van der Waals surface area contributed by atoms with Gasteiger partial charge in [0, 0.05) is 6.04 Å². The fraction of sp³-hybridized carbons (Fsp3) is 0.500. The molecule has 0 amide bonds. The third kappa shape index (κ3) is 1.92. The molecule has 1 saturated heterocycles. The molecule has 1 aromatic carbocycles. The van der Waals surface area contributed by atoms with Crippen LogP contribution in [0.3, 0.4) is 0 Å². The Balaban J connectivity index is 2.33. The van der Waals surface area contributed by atoms with Gasteiger partial charge in [-0.1, -0.05) is 6.07 Å². The van der Waals surface area contributed by atoms with E-state index in [0.29, 0.717) is 11.8 Å². The number of aryl methyl sites for hydroxylation is 1. The number of benzene rings is 1. The standard InChI is InChI=1S/C12H17NO2/c1-8-6-9(10-4-3-5-13-10)7-11(14)12(8)15-2/h6-7,10,13-14H,3-5H2,1-2H3. The quantitative estimate of drug-likeness (QED) is 0.780. The van der Waals surface area contributed by atoms with Crippen molar-refractivity contribution >= 4 is 0 Å². The zero-order chi connectivity index (χ0) is 10.8. The van der Waals surface area contributed by atoms with Crippen molar-refractivity contribution in [3.05, 3.63) is 23.3 Å². The minimum atomic E-state index is 0.237. The monoisotopic (exact) mass is 207 g/mol. The number of phenols is 1. The fourth-order valence-corrected chi connectivity index (χ4v) is 2.22. The molecular formula is C12H17NO2. The molecule has 1 atom stereocenters. The smallest absolute Gasteiger partial charge is 0.163 e. The molecule has 3 nitrogen and oxygen atoms in total. The molecule has 1 fully saturated rings. The van der Waals surface area contributed by atoms with Crippen molar-refractivity contribution in [3.8, 4) is 11.5 Å². The Morgan fingerprint density at radius 1 is 1.47 bits per heavy atom. The predicted molar refractivity (Wildman–Crippen MR) is 59.4 cm³/mol. The zero-order valence-corrected chi connectivity index (χ0v) is 9.21. The van der Waals surface area contributed by atoms with Gasteiger partial charge in [0.25, 0.3) is 0 Å². The molecule has 2 N–H and O–H groups in total. The summed E-state index contributed by atoms with van der Waals surface area (Å²) in [5.41, 5.74) is 2.14. The SMILES string of the molecule is COc1c(C)cc(C2CCCN2)cc1O. The van der Waals surface area contributed by atoms with Gasteiger partial charge in [0.05, 0.1) is 7.11 Å². The van der Waals surface area contributed by atoms with Gasteiger partial charge in [-0.25, -0.2) is 0 Å². The van der Waals surface area contributed by atoms with E-state index in [1.807, 2.05) is 6.92 Å². The molecule has 0 bridgehead atoms. The van der Waals surface area contributed by atoms with E-state index in [1.165, 1.54) is 6.42 Å². The summed E-state index contributed by atoms with van der Waals surface area (Å²) < 4.78 is 5.12. The molecular weight excluding hydrogens is 190 g/mol. The first-order valence-electron chi connectivity index (χ1n) is 5.33. The van der Waals surface area contributed by atoms with E-state index in [1.54, 1.807) is 13.2 Å². The van der Waals surface area contributed by atoms with Gasteiger partial charge in [-0.05, 0) is 43.5 Å². The van der Waals surface area contributed by atoms with E-state index in [-0.39, 0.29) is 5.75 Å². The molecule has 0 aliphatic carbocycles. The second kappa shape index (κ2) is 4.11. The number of hydrogen-bond donors (Lipinski definition) is 2. The first-order valence-corrected chi connectivity index (χ1v) is 5.33. The van der Waals surface area contributed by atoms with Gasteiger partial charge < -0.3 is 15.2 Å². The molecule has 2 rings (SSSR count). The Labute approximate surface area is 90.1 Å². The number of ether oxygens (including phenoxy) is 1. The van der Waals surface area contributed by atoms with Crippen LogP contribution in [0.1, 0.15) is 30.0 Å². The van der Waals surface area contributed by atoms with Crippen LogP contribution in [0.2, 0.25) is 0 Å². The second-order valence-corrected chi connectivity index (χ2v) is 4.04. The van der Waals surface area contributed by atoms with Crippen LogP contribution in [0.4, 0.5) is 0 Å². The average molecular weight is 207 g/mol. The van der Waals surface area contributed by atoms with Crippen molar-refractivity contribution in [2.45, 2.75) is 25.8 Å².